The molecular formula is C27H30NO7+. The van der Waals surface area contributed by atoms with Crippen molar-refractivity contribution in [3.05, 3.63) is 65.3 Å². The summed E-state index contributed by atoms with van der Waals surface area (Å²) < 4.78 is 28.0. The second-order valence-electron chi connectivity index (χ2n) is 8.78. The van der Waals surface area contributed by atoms with Crippen LogP contribution in [0.5, 0.6) is 23.0 Å². The molecule has 8 heteroatoms. The lowest BCUT2D eigenvalue weighted by Gasteiger charge is -2.38. The fourth-order valence-corrected chi connectivity index (χ4v) is 4.55. The Labute approximate surface area is 204 Å². The molecule has 1 unspecified atom stereocenters. The molecule has 0 radical (unpaired) electrons. The smallest absolute Gasteiger partial charge is 0.361 e. The molecule has 0 spiro atoms. The van der Waals surface area contributed by atoms with Crippen molar-refractivity contribution in [2.24, 2.45) is 0 Å². The molecule has 0 saturated carbocycles. The van der Waals surface area contributed by atoms with Gasteiger partial charge in [-0.1, -0.05) is 30.9 Å². The van der Waals surface area contributed by atoms with Gasteiger partial charge >= 0.3 is 5.97 Å². The lowest BCUT2D eigenvalue weighted by Crippen LogP contribution is -2.51. The van der Waals surface area contributed by atoms with Gasteiger partial charge in [0.05, 0.1) is 38.9 Å². The Morgan fingerprint density at radius 1 is 1.11 bits per heavy atom. The molecule has 8 nitrogen and oxygen atoms in total. The van der Waals surface area contributed by atoms with Crippen molar-refractivity contribution in [2.75, 3.05) is 47.8 Å². The SMILES string of the molecule is C=CCOc1ccc(/C=C/C(=O)c2c3c(c(OC)c4c2OCO4)C[N+](C)(CC(=O)OC)CC3)cc1. The van der Waals surface area contributed by atoms with Crippen molar-refractivity contribution < 1.29 is 37.8 Å². The van der Waals surface area contributed by atoms with Gasteiger partial charge in [0.15, 0.2) is 23.8 Å². The number of quaternary nitrogens is 1. The first-order valence-corrected chi connectivity index (χ1v) is 11.4. The van der Waals surface area contributed by atoms with Gasteiger partial charge in [-0.15, -0.1) is 0 Å². The number of carbonyl (C=O) groups is 2. The van der Waals surface area contributed by atoms with Gasteiger partial charge in [0.25, 0.3) is 0 Å². The summed E-state index contributed by atoms with van der Waals surface area (Å²) in [4.78, 5) is 25.5. The van der Waals surface area contributed by atoms with Gasteiger partial charge in [-0.25, -0.2) is 4.79 Å². The number of esters is 1. The predicted molar refractivity (Wildman–Crippen MR) is 130 cm³/mol. The molecule has 2 aliphatic rings. The molecule has 0 aliphatic carbocycles. The summed E-state index contributed by atoms with van der Waals surface area (Å²) >= 11 is 0. The molecule has 2 heterocycles. The number of hydrogen-bond donors (Lipinski definition) is 0. The number of methoxy groups -OCH3 is 2. The van der Waals surface area contributed by atoms with E-state index in [4.69, 9.17) is 23.7 Å². The average molecular weight is 481 g/mol. The van der Waals surface area contributed by atoms with E-state index >= 15 is 0 Å². The zero-order chi connectivity index (χ0) is 25.0. The summed E-state index contributed by atoms with van der Waals surface area (Å²) in [5.74, 6) is 1.66. The summed E-state index contributed by atoms with van der Waals surface area (Å²) in [6.45, 7) is 5.48. The first-order chi connectivity index (χ1) is 16.9. The van der Waals surface area contributed by atoms with Crippen LogP contribution in [0.25, 0.3) is 6.08 Å². The first-order valence-electron chi connectivity index (χ1n) is 11.4. The van der Waals surface area contributed by atoms with Crippen LogP contribution in [-0.2, 0) is 22.5 Å². The largest absolute Gasteiger partial charge is 0.492 e. The molecular weight excluding hydrogens is 450 g/mol. The zero-order valence-corrected chi connectivity index (χ0v) is 20.3. The molecule has 0 bridgehead atoms. The van der Waals surface area contributed by atoms with Crippen LogP contribution in [-0.4, -0.2) is 64.0 Å². The topological polar surface area (TPSA) is 80.3 Å². The van der Waals surface area contributed by atoms with Gasteiger partial charge < -0.3 is 28.2 Å². The molecule has 2 aliphatic heterocycles. The molecule has 0 fully saturated rings. The second kappa shape index (κ2) is 10.2. The number of likely N-dealkylation sites (N-methyl/N-ethyl adjacent to an activating group) is 1. The number of rotatable bonds is 9. The van der Waals surface area contributed by atoms with E-state index in [0.29, 0.717) is 53.4 Å². The standard InChI is InChI=1S/C27H30NO7/c1-5-14-33-19-9-6-18(7-10-19)8-11-22(29)24-20-12-13-28(2,16-23(30)31-3)15-21(20)25(32-4)27-26(24)34-17-35-27/h5-11H,1,12-17H2,2-4H3/q+1/b11-8+. The number of ether oxygens (including phenoxy) is 5. The van der Waals surface area contributed by atoms with Crippen LogP contribution in [0.1, 0.15) is 27.0 Å². The van der Waals surface area contributed by atoms with Gasteiger partial charge in [0.2, 0.25) is 12.5 Å². The van der Waals surface area contributed by atoms with Crippen molar-refractivity contribution >= 4 is 17.8 Å². The van der Waals surface area contributed by atoms with Crippen LogP contribution < -0.4 is 18.9 Å². The Balaban J connectivity index is 1.67. The molecule has 0 saturated heterocycles. The average Bonchev–Trinajstić information content (AvgIpc) is 3.34. The van der Waals surface area contributed by atoms with E-state index in [1.54, 1.807) is 25.3 Å². The number of ketones is 1. The minimum atomic E-state index is -0.282. The third kappa shape index (κ3) is 5.02. The van der Waals surface area contributed by atoms with Crippen molar-refractivity contribution in [1.29, 1.82) is 0 Å². The Bertz CT molecular complexity index is 1170. The predicted octanol–water partition coefficient (Wildman–Crippen LogP) is 3.56. The van der Waals surface area contributed by atoms with Gasteiger partial charge in [-0.2, -0.15) is 0 Å². The number of carbonyl (C=O) groups excluding carboxylic acids is 2. The van der Waals surface area contributed by atoms with E-state index in [9.17, 15) is 9.59 Å². The van der Waals surface area contributed by atoms with E-state index in [2.05, 4.69) is 6.58 Å². The highest BCUT2D eigenvalue weighted by Gasteiger charge is 2.40. The number of nitrogens with zero attached hydrogens (tertiary/aromatic N) is 1. The fraction of sp³-hybridized carbons (Fsp3) is 0.333. The third-order valence-corrected chi connectivity index (χ3v) is 6.29. The van der Waals surface area contributed by atoms with Gasteiger partial charge in [-0.05, 0) is 29.3 Å². The molecule has 184 valence electrons. The van der Waals surface area contributed by atoms with E-state index in [1.807, 2.05) is 31.3 Å². The van der Waals surface area contributed by atoms with Crippen molar-refractivity contribution in [3.8, 4) is 23.0 Å². The number of fused-ring (bicyclic) bond motifs is 2. The van der Waals surface area contributed by atoms with Crippen molar-refractivity contribution in [3.63, 3.8) is 0 Å². The highest BCUT2D eigenvalue weighted by molar-refractivity contribution is 6.11. The summed E-state index contributed by atoms with van der Waals surface area (Å²) in [7, 11) is 4.95. The maximum absolute atomic E-state index is 13.5. The lowest BCUT2D eigenvalue weighted by atomic mass is 9.89. The van der Waals surface area contributed by atoms with E-state index in [-0.39, 0.29) is 25.1 Å². The Morgan fingerprint density at radius 3 is 2.54 bits per heavy atom. The Kier molecular flexibility index (Phi) is 7.12. The minimum Gasteiger partial charge on any atom is -0.492 e. The molecule has 0 aromatic heterocycles. The van der Waals surface area contributed by atoms with Crippen molar-refractivity contribution in [2.45, 2.75) is 13.0 Å². The van der Waals surface area contributed by atoms with Gasteiger partial charge in [0.1, 0.15) is 18.9 Å². The normalized spacial score (nSPS) is 18.1. The Hall–Kier alpha value is -3.78. The summed E-state index contributed by atoms with van der Waals surface area (Å²) in [5, 5.41) is 0. The number of allylic oxidation sites excluding steroid dienone is 1. The fourth-order valence-electron chi connectivity index (χ4n) is 4.55. The van der Waals surface area contributed by atoms with E-state index in [0.717, 1.165) is 22.4 Å². The molecule has 35 heavy (non-hydrogen) atoms. The summed E-state index contributed by atoms with van der Waals surface area (Å²) in [5.41, 5.74) is 3.08. The van der Waals surface area contributed by atoms with Crippen LogP contribution in [0.4, 0.5) is 0 Å². The highest BCUT2D eigenvalue weighted by atomic mass is 16.7. The minimum absolute atomic E-state index is 0.0129. The number of hydrogen-bond acceptors (Lipinski definition) is 7. The number of benzene rings is 2. The first kappa shape index (κ1) is 24.3. The Morgan fingerprint density at radius 2 is 1.86 bits per heavy atom. The monoisotopic (exact) mass is 480 g/mol. The van der Waals surface area contributed by atoms with Crippen molar-refractivity contribution in [1.82, 2.24) is 0 Å². The van der Waals surface area contributed by atoms with Crippen LogP contribution in [0.15, 0.2) is 43.0 Å². The summed E-state index contributed by atoms with van der Waals surface area (Å²) in [6.07, 6.45) is 5.57. The maximum Gasteiger partial charge on any atom is 0.361 e. The van der Waals surface area contributed by atoms with E-state index < -0.39 is 0 Å². The lowest BCUT2D eigenvalue weighted by molar-refractivity contribution is -0.917. The molecule has 2 aromatic rings. The van der Waals surface area contributed by atoms with Crippen LogP contribution in [0, 0.1) is 0 Å². The third-order valence-electron chi connectivity index (χ3n) is 6.29. The maximum atomic E-state index is 13.5. The molecule has 0 N–H and O–H groups in total. The molecule has 0 amide bonds. The zero-order valence-electron chi connectivity index (χ0n) is 20.3. The quantitative estimate of drug-likeness (QED) is 0.179. The highest BCUT2D eigenvalue weighted by Crippen LogP contribution is 2.50. The summed E-state index contributed by atoms with van der Waals surface area (Å²) in [6, 6.07) is 7.45. The van der Waals surface area contributed by atoms with Gasteiger partial charge in [-0.3, -0.25) is 4.79 Å². The molecule has 1 atom stereocenters. The second-order valence-corrected chi connectivity index (χ2v) is 8.78. The van der Waals surface area contributed by atoms with Gasteiger partial charge in [0, 0.05) is 6.42 Å². The van der Waals surface area contributed by atoms with Crippen LogP contribution in [0.3, 0.4) is 0 Å². The molecule has 4 rings (SSSR count). The molecule has 2 aromatic carbocycles. The van der Waals surface area contributed by atoms with Crippen LogP contribution >= 0.6 is 0 Å². The van der Waals surface area contributed by atoms with Crippen LogP contribution in [0.2, 0.25) is 0 Å². The van der Waals surface area contributed by atoms with E-state index in [1.165, 1.54) is 7.11 Å².